The molecular formula is C20H18N4O5. The van der Waals surface area contributed by atoms with E-state index in [-0.39, 0.29) is 11.3 Å². The van der Waals surface area contributed by atoms with Gasteiger partial charge in [0, 0.05) is 23.7 Å². The van der Waals surface area contributed by atoms with E-state index in [9.17, 15) is 19.2 Å². The molecule has 1 aromatic heterocycles. The number of benzene rings is 2. The van der Waals surface area contributed by atoms with Crippen molar-refractivity contribution in [3.05, 3.63) is 70.1 Å². The number of amides is 2. The third-order valence-electron chi connectivity index (χ3n) is 4.24. The van der Waals surface area contributed by atoms with E-state index >= 15 is 0 Å². The Morgan fingerprint density at radius 3 is 2.31 bits per heavy atom. The molecule has 0 bridgehead atoms. The van der Waals surface area contributed by atoms with Gasteiger partial charge < -0.3 is 15.8 Å². The molecule has 0 aliphatic heterocycles. The van der Waals surface area contributed by atoms with Gasteiger partial charge in [0.25, 0.3) is 11.5 Å². The third-order valence-corrected chi connectivity index (χ3v) is 4.24. The molecule has 0 aliphatic carbocycles. The largest absolute Gasteiger partial charge is 0.448 e. The van der Waals surface area contributed by atoms with E-state index in [1.165, 1.54) is 38.2 Å². The molecule has 1 heterocycles. The van der Waals surface area contributed by atoms with Crippen LogP contribution in [0.1, 0.15) is 27.8 Å². The predicted molar refractivity (Wildman–Crippen MR) is 105 cm³/mol. The lowest BCUT2D eigenvalue weighted by atomic mass is 10.1. The second kappa shape index (κ2) is 7.93. The van der Waals surface area contributed by atoms with Crippen molar-refractivity contribution < 1.29 is 19.1 Å². The van der Waals surface area contributed by atoms with Crippen molar-refractivity contribution in [1.29, 1.82) is 0 Å². The van der Waals surface area contributed by atoms with Crippen molar-refractivity contribution in [3.8, 4) is 0 Å². The zero-order chi connectivity index (χ0) is 21.1. The van der Waals surface area contributed by atoms with Gasteiger partial charge in [-0.05, 0) is 37.3 Å². The van der Waals surface area contributed by atoms with Gasteiger partial charge in [-0.25, -0.2) is 9.48 Å². The van der Waals surface area contributed by atoms with Crippen LogP contribution in [0.25, 0.3) is 10.8 Å². The molecule has 9 heteroatoms. The first-order valence-corrected chi connectivity index (χ1v) is 8.65. The minimum atomic E-state index is -1.13. The minimum Gasteiger partial charge on any atom is -0.448 e. The predicted octanol–water partition coefficient (Wildman–Crippen LogP) is 1.22. The molecule has 1 atom stereocenters. The van der Waals surface area contributed by atoms with Crippen LogP contribution in [0.4, 0.5) is 5.69 Å². The maximum Gasteiger partial charge on any atom is 0.360 e. The molecule has 0 saturated carbocycles. The second-order valence-electron chi connectivity index (χ2n) is 6.30. The molecule has 9 nitrogen and oxygen atoms in total. The summed E-state index contributed by atoms with van der Waals surface area (Å²) in [7, 11) is 1.43. The van der Waals surface area contributed by atoms with Gasteiger partial charge in [0.05, 0.1) is 5.39 Å². The summed E-state index contributed by atoms with van der Waals surface area (Å²) in [6, 6.07) is 12.5. The van der Waals surface area contributed by atoms with Gasteiger partial charge in [0.1, 0.15) is 0 Å². The molecule has 29 heavy (non-hydrogen) atoms. The lowest BCUT2D eigenvalue weighted by molar-refractivity contribution is -0.123. The smallest absolute Gasteiger partial charge is 0.360 e. The SMILES string of the molecule is C[C@H](OC(=O)c1nn(C)c(=O)c2ccccc12)C(=O)Nc1ccc(C(N)=O)cc1. The molecule has 2 aromatic carbocycles. The highest BCUT2D eigenvalue weighted by molar-refractivity contribution is 6.03. The van der Waals surface area contributed by atoms with Crippen LogP contribution in [0.5, 0.6) is 0 Å². The number of anilines is 1. The Morgan fingerprint density at radius 1 is 1.07 bits per heavy atom. The Morgan fingerprint density at radius 2 is 1.69 bits per heavy atom. The molecule has 3 aromatic rings. The van der Waals surface area contributed by atoms with Crippen LogP contribution in [0.15, 0.2) is 53.3 Å². The summed E-state index contributed by atoms with van der Waals surface area (Å²) in [6.45, 7) is 1.41. The number of carbonyl (C=O) groups excluding carboxylic acids is 3. The zero-order valence-electron chi connectivity index (χ0n) is 15.7. The molecule has 0 fully saturated rings. The average Bonchev–Trinajstić information content (AvgIpc) is 2.71. The monoisotopic (exact) mass is 394 g/mol. The summed E-state index contributed by atoms with van der Waals surface area (Å²) in [6.07, 6.45) is -1.13. The van der Waals surface area contributed by atoms with Gasteiger partial charge in [-0.3, -0.25) is 14.4 Å². The number of nitrogens with zero attached hydrogens (tertiary/aromatic N) is 2. The molecule has 0 spiro atoms. The number of esters is 1. The normalized spacial score (nSPS) is 11.7. The van der Waals surface area contributed by atoms with Crippen LogP contribution >= 0.6 is 0 Å². The lowest BCUT2D eigenvalue weighted by Gasteiger charge is -2.14. The van der Waals surface area contributed by atoms with E-state index in [1.807, 2.05) is 0 Å². The first kappa shape index (κ1) is 19.7. The van der Waals surface area contributed by atoms with Gasteiger partial charge in [-0.2, -0.15) is 5.10 Å². The van der Waals surface area contributed by atoms with E-state index < -0.39 is 23.9 Å². The molecule has 0 radical (unpaired) electrons. The molecule has 3 rings (SSSR count). The number of hydrogen-bond donors (Lipinski definition) is 2. The number of primary amides is 1. The van der Waals surface area contributed by atoms with Crippen molar-refractivity contribution in [2.75, 3.05) is 5.32 Å². The molecule has 0 saturated heterocycles. The number of ether oxygens (including phenoxy) is 1. The first-order valence-electron chi connectivity index (χ1n) is 8.65. The van der Waals surface area contributed by atoms with Gasteiger partial charge in [-0.15, -0.1) is 0 Å². The lowest BCUT2D eigenvalue weighted by Crippen LogP contribution is -2.31. The number of aromatic nitrogens is 2. The third kappa shape index (κ3) is 4.13. The summed E-state index contributed by atoms with van der Waals surface area (Å²) in [4.78, 5) is 48.1. The van der Waals surface area contributed by atoms with Gasteiger partial charge in [0.2, 0.25) is 5.91 Å². The fraction of sp³-hybridized carbons (Fsp3) is 0.150. The number of carbonyl (C=O) groups is 3. The molecule has 2 amide bonds. The Balaban J connectivity index is 1.76. The minimum absolute atomic E-state index is 0.0619. The van der Waals surface area contributed by atoms with Gasteiger partial charge in [-0.1, -0.05) is 18.2 Å². The first-order chi connectivity index (χ1) is 13.8. The van der Waals surface area contributed by atoms with Crippen LogP contribution in [-0.4, -0.2) is 33.7 Å². The molecule has 148 valence electrons. The fourth-order valence-corrected chi connectivity index (χ4v) is 2.68. The fourth-order valence-electron chi connectivity index (χ4n) is 2.68. The van der Waals surface area contributed by atoms with E-state index in [0.29, 0.717) is 22.0 Å². The van der Waals surface area contributed by atoms with Crippen molar-refractivity contribution >= 4 is 34.2 Å². The number of nitrogens with two attached hydrogens (primary N) is 1. The van der Waals surface area contributed by atoms with E-state index in [2.05, 4.69) is 10.4 Å². The maximum absolute atomic E-state index is 12.6. The number of aryl methyl sites for hydroxylation is 1. The van der Waals surface area contributed by atoms with Crippen molar-refractivity contribution in [2.24, 2.45) is 12.8 Å². The maximum atomic E-state index is 12.6. The van der Waals surface area contributed by atoms with Crippen LogP contribution in [-0.2, 0) is 16.6 Å². The number of nitrogens with one attached hydrogen (secondary N) is 1. The molecule has 0 aliphatic rings. The highest BCUT2D eigenvalue weighted by Gasteiger charge is 2.23. The highest BCUT2D eigenvalue weighted by atomic mass is 16.5. The van der Waals surface area contributed by atoms with Gasteiger partial charge in [0.15, 0.2) is 11.8 Å². The molecule has 3 N–H and O–H groups in total. The second-order valence-corrected chi connectivity index (χ2v) is 6.30. The summed E-state index contributed by atoms with van der Waals surface area (Å²) >= 11 is 0. The number of fused-ring (bicyclic) bond motifs is 1. The van der Waals surface area contributed by atoms with Crippen LogP contribution in [0.3, 0.4) is 0 Å². The standard InChI is InChI=1S/C20H18N4O5/c1-11(18(26)22-13-9-7-12(8-10-13)17(21)25)29-20(28)16-14-5-3-4-6-15(14)19(27)24(2)23-16/h3-11H,1-2H3,(H2,21,25)(H,22,26)/t11-/m0/s1. The van der Waals surface area contributed by atoms with E-state index in [4.69, 9.17) is 10.5 Å². The number of rotatable bonds is 5. The number of hydrogen-bond acceptors (Lipinski definition) is 6. The Kier molecular flexibility index (Phi) is 5.40. The highest BCUT2D eigenvalue weighted by Crippen LogP contribution is 2.15. The quantitative estimate of drug-likeness (QED) is 0.625. The molecular weight excluding hydrogens is 376 g/mol. The summed E-state index contributed by atoms with van der Waals surface area (Å²) in [5.74, 6) is -1.98. The zero-order valence-corrected chi connectivity index (χ0v) is 15.7. The summed E-state index contributed by atoms with van der Waals surface area (Å²) in [5, 5.41) is 7.22. The van der Waals surface area contributed by atoms with Crippen LogP contribution in [0, 0.1) is 0 Å². The van der Waals surface area contributed by atoms with Gasteiger partial charge >= 0.3 is 5.97 Å². The summed E-state index contributed by atoms with van der Waals surface area (Å²) in [5.41, 5.74) is 5.48. The molecule has 0 unspecified atom stereocenters. The average molecular weight is 394 g/mol. The van der Waals surface area contributed by atoms with Crippen LogP contribution < -0.4 is 16.6 Å². The van der Waals surface area contributed by atoms with Crippen molar-refractivity contribution in [1.82, 2.24) is 9.78 Å². The Hall–Kier alpha value is -4.01. The van der Waals surface area contributed by atoms with E-state index in [0.717, 1.165) is 4.68 Å². The van der Waals surface area contributed by atoms with Crippen molar-refractivity contribution in [3.63, 3.8) is 0 Å². The Bertz CT molecular complexity index is 1170. The summed E-state index contributed by atoms with van der Waals surface area (Å²) < 4.78 is 6.28. The topological polar surface area (TPSA) is 133 Å². The van der Waals surface area contributed by atoms with Crippen molar-refractivity contribution in [2.45, 2.75) is 13.0 Å². The Labute approximate surface area is 165 Å². The van der Waals surface area contributed by atoms with Crippen LogP contribution in [0.2, 0.25) is 0 Å². The van der Waals surface area contributed by atoms with E-state index in [1.54, 1.807) is 24.3 Å².